The summed E-state index contributed by atoms with van der Waals surface area (Å²) in [6, 6.07) is 54.7. The molecule has 0 fully saturated rings. The molecular formula is C47H34N4. The molecule has 0 radical (unpaired) electrons. The summed E-state index contributed by atoms with van der Waals surface area (Å²) in [7, 11) is 0. The van der Waals surface area contributed by atoms with Gasteiger partial charge in [0.25, 0.3) is 0 Å². The van der Waals surface area contributed by atoms with Crippen molar-refractivity contribution in [3.05, 3.63) is 204 Å². The third-order valence-corrected chi connectivity index (χ3v) is 9.94. The van der Waals surface area contributed by atoms with Crippen molar-refractivity contribution in [3.63, 3.8) is 0 Å². The van der Waals surface area contributed by atoms with E-state index in [0.29, 0.717) is 11.8 Å². The van der Waals surface area contributed by atoms with Gasteiger partial charge >= 0.3 is 0 Å². The second-order valence-corrected chi connectivity index (χ2v) is 13.0. The maximum absolute atomic E-state index is 8.74. The summed E-state index contributed by atoms with van der Waals surface area (Å²) in [6.07, 6.45) is 10.9. The number of aliphatic imine (C=N–C) groups is 2. The summed E-state index contributed by atoms with van der Waals surface area (Å²) in [6.45, 7) is 0. The van der Waals surface area contributed by atoms with Crippen molar-refractivity contribution >= 4 is 50.8 Å². The van der Waals surface area contributed by atoms with Crippen LogP contribution < -0.4 is 4.90 Å². The Morgan fingerprint density at radius 2 is 1.25 bits per heavy atom. The lowest BCUT2D eigenvalue weighted by Gasteiger charge is -2.28. The van der Waals surface area contributed by atoms with E-state index < -0.39 is 0 Å². The quantitative estimate of drug-likeness (QED) is 0.146. The van der Waals surface area contributed by atoms with Crippen molar-refractivity contribution in [1.29, 1.82) is 5.41 Å². The van der Waals surface area contributed by atoms with Crippen molar-refractivity contribution in [2.45, 2.75) is 12.0 Å². The number of rotatable bonds is 5. The molecule has 4 heteroatoms. The maximum atomic E-state index is 8.74. The van der Waals surface area contributed by atoms with Crippen LogP contribution in [0.3, 0.4) is 0 Å². The molecule has 7 aromatic rings. The Morgan fingerprint density at radius 1 is 0.608 bits per heavy atom. The number of amidine groups is 2. The average molecular weight is 655 g/mol. The summed E-state index contributed by atoms with van der Waals surface area (Å²) < 4.78 is 0. The Kier molecular flexibility index (Phi) is 7.75. The van der Waals surface area contributed by atoms with E-state index in [-0.39, 0.29) is 11.9 Å². The first kappa shape index (κ1) is 30.4. The zero-order chi connectivity index (χ0) is 34.1. The maximum Gasteiger partial charge on any atom is 0.161 e. The highest BCUT2D eigenvalue weighted by molar-refractivity contribution is 6.14. The van der Waals surface area contributed by atoms with Crippen molar-refractivity contribution in [2.75, 3.05) is 4.90 Å². The lowest BCUT2D eigenvalue weighted by Crippen LogP contribution is -2.28. The van der Waals surface area contributed by atoms with Gasteiger partial charge in [0.2, 0.25) is 0 Å². The largest absolute Gasteiger partial charge is 0.333 e. The molecule has 1 aliphatic carbocycles. The summed E-state index contributed by atoms with van der Waals surface area (Å²) in [4.78, 5) is 12.2. The number of allylic oxidation sites excluding steroid dienone is 2. The molecule has 1 heterocycles. The van der Waals surface area contributed by atoms with Gasteiger partial charge in [-0.05, 0) is 68.6 Å². The molecular weight excluding hydrogens is 621 g/mol. The SMILES string of the molecule is N=C(N=C(N=Cc1cc2ccccc2cc1-c1ccc(N2c3ccc4ccccc4c3C3C=CC=CC32)cc1)c1ccccc1)c1ccccc1. The van der Waals surface area contributed by atoms with Crippen LogP contribution in [0.15, 0.2) is 192 Å². The average Bonchev–Trinajstić information content (AvgIpc) is 3.54. The standard InChI is InChI=1S/C47H34N4/c48-46(34-14-3-1-4-15-34)50-47(35-16-5-2-6-17-35)49-31-38-29-36-18-7-8-19-37(36)30-42(38)33-23-26-39(27-24-33)51-43-22-12-11-21-41(43)45-40-20-10-9-13-32(40)25-28-44(45)51/h1-31,41,43,48H. The van der Waals surface area contributed by atoms with Crippen molar-refractivity contribution < 1.29 is 0 Å². The molecule has 1 aliphatic heterocycles. The first-order valence-electron chi connectivity index (χ1n) is 17.3. The van der Waals surface area contributed by atoms with E-state index in [9.17, 15) is 0 Å². The van der Waals surface area contributed by atoms with E-state index in [1.807, 2.05) is 66.9 Å². The van der Waals surface area contributed by atoms with Crippen LogP contribution in [0.5, 0.6) is 0 Å². The third kappa shape index (κ3) is 5.67. The van der Waals surface area contributed by atoms with Gasteiger partial charge in [0.05, 0.1) is 6.04 Å². The van der Waals surface area contributed by atoms with E-state index in [0.717, 1.165) is 38.9 Å². The third-order valence-electron chi connectivity index (χ3n) is 9.94. The Balaban J connectivity index is 1.12. The smallest absolute Gasteiger partial charge is 0.161 e. The molecule has 2 unspecified atom stereocenters. The molecule has 7 aromatic carbocycles. The highest BCUT2D eigenvalue weighted by atomic mass is 15.2. The molecule has 0 bridgehead atoms. The summed E-state index contributed by atoms with van der Waals surface area (Å²) in [5.41, 5.74) is 8.59. The highest BCUT2D eigenvalue weighted by Crippen LogP contribution is 2.50. The molecule has 0 saturated heterocycles. The van der Waals surface area contributed by atoms with E-state index in [4.69, 9.17) is 15.4 Å². The molecule has 1 N–H and O–H groups in total. The normalized spacial score (nSPS) is 16.5. The Labute approximate surface area is 297 Å². The monoisotopic (exact) mass is 654 g/mol. The van der Waals surface area contributed by atoms with Crippen LogP contribution in [-0.4, -0.2) is 23.9 Å². The first-order chi connectivity index (χ1) is 25.2. The minimum absolute atomic E-state index is 0.169. The Morgan fingerprint density at radius 3 is 2.02 bits per heavy atom. The number of hydrogen-bond donors (Lipinski definition) is 1. The van der Waals surface area contributed by atoms with Gasteiger partial charge in [-0.15, -0.1) is 0 Å². The Hall–Kier alpha value is -6.65. The van der Waals surface area contributed by atoms with E-state index in [1.165, 1.54) is 27.4 Å². The van der Waals surface area contributed by atoms with E-state index >= 15 is 0 Å². The number of anilines is 2. The second-order valence-electron chi connectivity index (χ2n) is 13.0. The highest BCUT2D eigenvalue weighted by Gasteiger charge is 2.38. The van der Waals surface area contributed by atoms with Gasteiger partial charge in [-0.2, -0.15) is 0 Å². The van der Waals surface area contributed by atoms with Gasteiger partial charge in [-0.3, -0.25) is 5.41 Å². The van der Waals surface area contributed by atoms with Gasteiger partial charge in [-0.25, -0.2) is 9.98 Å². The molecule has 4 nitrogen and oxygen atoms in total. The zero-order valence-corrected chi connectivity index (χ0v) is 27.9. The minimum Gasteiger partial charge on any atom is -0.333 e. The van der Waals surface area contributed by atoms with Crippen LogP contribution in [0, 0.1) is 5.41 Å². The van der Waals surface area contributed by atoms with Crippen LogP contribution in [0.4, 0.5) is 11.4 Å². The van der Waals surface area contributed by atoms with E-state index in [2.05, 4.69) is 126 Å². The predicted molar refractivity (Wildman–Crippen MR) is 214 cm³/mol. The van der Waals surface area contributed by atoms with Crippen LogP contribution >= 0.6 is 0 Å². The van der Waals surface area contributed by atoms with Gasteiger partial charge in [0.15, 0.2) is 11.7 Å². The number of hydrogen-bond acceptors (Lipinski definition) is 2. The predicted octanol–water partition coefficient (Wildman–Crippen LogP) is 11.3. The van der Waals surface area contributed by atoms with Gasteiger partial charge in [-0.1, -0.05) is 152 Å². The summed E-state index contributed by atoms with van der Waals surface area (Å²) >= 11 is 0. The van der Waals surface area contributed by atoms with Crippen molar-refractivity contribution in [3.8, 4) is 11.1 Å². The summed E-state index contributed by atoms with van der Waals surface area (Å²) in [5.74, 6) is 0.953. The van der Waals surface area contributed by atoms with Crippen LogP contribution in [0.25, 0.3) is 32.7 Å². The zero-order valence-electron chi connectivity index (χ0n) is 27.9. The number of nitrogens with one attached hydrogen (secondary N) is 1. The fraction of sp³-hybridized carbons (Fsp3) is 0.0426. The second kappa shape index (κ2) is 13.0. The van der Waals surface area contributed by atoms with Crippen molar-refractivity contribution in [2.24, 2.45) is 9.98 Å². The van der Waals surface area contributed by atoms with Crippen molar-refractivity contribution in [1.82, 2.24) is 0 Å². The first-order valence-corrected chi connectivity index (χ1v) is 17.3. The molecule has 2 atom stereocenters. The van der Waals surface area contributed by atoms with Crippen LogP contribution in [-0.2, 0) is 0 Å². The molecule has 0 saturated carbocycles. The lowest BCUT2D eigenvalue weighted by atomic mass is 9.88. The van der Waals surface area contributed by atoms with Gasteiger partial charge in [0.1, 0.15) is 0 Å². The molecule has 0 aromatic heterocycles. The minimum atomic E-state index is 0.169. The molecule has 0 spiro atoms. The number of nitrogens with zero attached hydrogens (tertiary/aromatic N) is 3. The molecule has 2 aliphatic rings. The summed E-state index contributed by atoms with van der Waals surface area (Å²) in [5, 5.41) is 13.6. The molecule has 9 rings (SSSR count). The number of benzene rings is 7. The van der Waals surface area contributed by atoms with Gasteiger partial charge < -0.3 is 4.90 Å². The fourth-order valence-electron chi connectivity index (χ4n) is 7.49. The van der Waals surface area contributed by atoms with Crippen LogP contribution in [0.1, 0.15) is 28.2 Å². The Bertz CT molecular complexity index is 2540. The molecule has 51 heavy (non-hydrogen) atoms. The lowest BCUT2D eigenvalue weighted by molar-refractivity contribution is 0.747. The van der Waals surface area contributed by atoms with Gasteiger partial charge in [0, 0.05) is 40.2 Å². The fourth-order valence-corrected chi connectivity index (χ4v) is 7.49. The topological polar surface area (TPSA) is 51.8 Å². The molecule has 242 valence electrons. The van der Waals surface area contributed by atoms with E-state index in [1.54, 1.807) is 0 Å². The molecule has 0 amide bonds. The van der Waals surface area contributed by atoms with Crippen LogP contribution in [0.2, 0.25) is 0 Å². The number of fused-ring (bicyclic) bond motifs is 6.